The van der Waals surface area contributed by atoms with Gasteiger partial charge in [-0.2, -0.15) is 0 Å². The third-order valence-electron chi connectivity index (χ3n) is 5.05. The Balaban J connectivity index is 1.54. The zero-order valence-electron chi connectivity index (χ0n) is 16.4. The fourth-order valence-electron chi connectivity index (χ4n) is 3.32. The summed E-state index contributed by atoms with van der Waals surface area (Å²) >= 11 is 0. The topological polar surface area (TPSA) is 53.6 Å². The molecule has 1 atom stereocenters. The van der Waals surface area contributed by atoms with Crippen LogP contribution in [-0.4, -0.2) is 44.6 Å². The van der Waals surface area contributed by atoms with Crippen LogP contribution in [0.25, 0.3) is 0 Å². The van der Waals surface area contributed by atoms with Crippen LogP contribution in [-0.2, 0) is 6.54 Å². The maximum atomic E-state index is 12.4. The van der Waals surface area contributed by atoms with Gasteiger partial charge < -0.3 is 20.3 Å². The summed E-state index contributed by atoms with van der Waals surface area (Å²) < 4.78 is 5.13. The first-order valence-electron chi connectivity index (χ1n) is 9.48. The Kier molecular flexibility index (Phi) is 6.48. The molecule has 0 aliphatic heterocycles. The molecule has 1 aliphatic carbocycles. The molecule has 0 saturated heterocycles. The van der Waals surface area contributed by atoms with Gasteiger partial charge in [-0.3, -0.25) is 4.79 Å². The number of anilines is 1. The molecule has 1 fully saturated rings. The Labute approximate surface area is 161 Å². The molecule has 27 heavy (non-hydrogen) atoms. The largest absolute Gasteiger partial charge is 0.497 e. The summed E-state index contributed by atoms with van der Waals surface area (Å²) in [5, 5.41) is 6.53. The molecule has 1 unspecified atom stereocenters. The van der Waals surface area contributed by atoms with E-state index in [1.165, 1.54) is 12.8 Å². The van der Waals surface area contributed by atoms with Crippen LogP contribution in [0.3, 0.4) is 0 Å². The van der Waals surface area contributed by atoms with E-state index < -0.39 is 0 Å². The molecule has 2 N–H and O–H groups in total. The number of nitrogens with one attached hydrogen (secondary N) is 2. The third kappa shape index (κ3) is 5.55. The average molecular weight is 367 g/mol. The van der Waals surface area contributed by atoms with Crippen LogP contribution in [0.5, 0.6) is 5.75 Å². The molecule has 1 amide bonds. The monoisotopic (exact) mass is 367 g/mol. The molecule has 0 heterocycles. The van der Waals surface area contributed by atoms with Crippen molar-refractivity contribution in [3.05, 3.63) is 59.7 Å². The van der Waals surface area contributed by atoms with Crippen LogP contribution in [0.2, 0.25) is 0 Å². The van der Waals surface area contributed by atoms with Gasteiger partial charge in [0.25, 0.3) is 5.91 Å². The SMILES string of the molecule is COc1ccc(C(=O)Nc2cccc(CNCC(C3CC3)N(C)C)c2)cc1. The van der Waals surface area contributed by atoms with Crippen LogP contribution in [0, 0.1) is 5.92 Å². The van der Waals surface area contributed by atoms with Crippen LogP contribution in [0.4, 0.5) is 5.69 Å². The lowest BCUT2D eigenvalue weighted by atomic mass is 10.1. The summed E-state index contributed by atoms with van der Waals surface area (Å²) in [7, 11) is 5.92. The first-order valence-corrected chi connectivity index (χ1v) is 9.48. The number of hydrogen-bond donors (Lipinski definition) is 2. The molecule has 144 valence electrons. The van der Waals surface area contributed by atoms with Crippen molar-refractivity contribution in [3.63, 3.8) is 0 Å². The second-order valence-electron chi connectivity index (χ2n) is 7.38. The standard InChI is InChI=1S/C22H29N3O2/c1-25(2)21(17-7-8-17)15-23-14-16-5-4-6-19(13-16)24-22(26)18-9-11-20(27-3)12-10-18/h4-6,9-13,17,21,23H,7-8,14-15H2,1-3H3,(H,24,26). The summed E-state index contributed by atoms with van der Waals surface area (Å²) in [5.74, 6) is 1.45. The lowest BCUT2D eigenvalue weighted by molar-refractivity contribution is 0.102. The molecule has 1 aliphatic rings. The van der Waals surface area contributed by atoms with E-state index in [9.17, 15) is 4.79 Å². The number of amides is 1. The summed E-state index contributed by atoms with van der Waals surface area (Å²) in [6.45, 7) is 1.78. The third-order valence-corrected chi connectivity index (χ3v) is 5.05. The average Bonchev–Trinajstić information content (AvgIpc) is 3.50. The smallest absolute Gasteiger partial charge is 0.255 e. The Hall–Kier alpha value is -2.37. The molecule has 3 rings (SSSR count). The fourth-order valence-corrected chi connectivity index (χ4v) is 3.32. The number of benzene rings is 2. The first-order chi connectivity index (χ1) is 13.1. The van der Waals surface area contributed by atoms with Gasteiger partial charge >= 0.3 is 0 Å². The van der Waals surface area contributed by atoms with E-state index in [0.29, 0.717) is 11.6 Å². The van der Waals surface area contributed by atoms with Crippen molar-refractivity contribution in [3.8, 4) is 5.75 Å². The summed E-state index contributed by atoms with van der Waals surface area (Å²) in [4.78, 5) is 14.7. The van der Waals surface area contributed by atoms with Gasteiger partial charge in [0.2, 0.25) is 0 Å². The zero-order valence-corrected chi connectivity index (χ0v) is 16.4. The Morgan fingerprint density at radius 1 is 1.19 bits per heavy atom. The lowest BCUT2D eigenvalue weighted by Gasteiger charge is -2.24. The number of methoxy groups -OCH3 is 1. The van der Waals surface area contributed by atoms with E-state index in [2.05, 4.69) is 35.7 Å². The number of hydrogen-bond acceptors (Lipinski definition) is 4. The molecule has 2 aromatic carbocycles. The second kappa shape index (κ2) is 9.02. The van der Waals surface area contributed by atoms with Crippen molar-refractivity contribution < 1.29 is 9.53 Å². The number of rotatable bonds is 9. The number of nitrogens with zero attached hydrogens (tertiary/aromatic N) is 1. The van der Waals surface area contributed by atoms with E-state index in [4.69, 9.17) is 4.74 Å². The molecule has 5 heteroatoms. The molecule has 1 saturated carbocycles. The summed E-state index contributed by atoms with van der Waals surface area (Å²) in [6.07, 6.45) is 2.69. The molecule has 0 bridgehead atoms. The van der Waals surface area contributed by atoms with E-state index in [-0.39, 0.29) is 5.91 Å². The maximum absolute atomic E-state index is 12.4. The molecule has 0 radical (unpaired) electrons. The van der Waals surface area contributed by atoms with Crippen LogP contribution in [0.1, 0.15) is 28.8 Å². The summed E-state index contributed by atoms with van der Waals surface area (Å²) in [5.41, 5.74) is 2.58. The van der Waals surface area contributed by atoms with Gasteiger partial charge in [-0.25, -0.2) is 0 Å². The zero-order chi connectivity index (χ0) is 19.2. The van der Waals surface area contributed by atoms with Gasteiger partial charge in [-0.15, -0.1) is 0 Å². The van der Waals surface area contributed by atoms with E-state index in [1.807, 2.05) is 18.2 Å². The quantitative estimate of drug-likeness (QED) is 0.713. The fraction of sp³-hybridized carbons (Fsp3) is 0.409. The highest BCUT2D eigenvalue weighted by Crippen LogP contribution is 2.34. The van der Waals surface area contributed by atoms with Gasteiger partial charge in [0.05, 0.1) is 7.11 Å². The van der Waals surface area contributed by atoms with Crippen LogP contribution >= 0.6 is 0 Å². The van der Waals surface area contributed by atoms with Gasteiger partial charge in [-0.1, -0.05) is 12.1 Å². The second-order valence-corrected chi connectivity index (χ2v) is 7.38. The Morgan fingerprint density at radius 3 is 2.56 bits per heavy atom. The molecular weight excluding hydrogens is 338 g/mol. The lowest BCUT2D eigenvalue weighted by Crippen LogP contribution is -2.39. The van der Waals surface area contributed by atoms with Gasteiger partial charge in [0.15, 0.2) is 0 Å². The first kappa shape index (κ1) is 19.4. The van der Waals surface area contributed by atoms with Crippen molar-refractivity contribution in [2.75, 3.05) is 33.1 Å². The number of carbonyl (C=O) groups excluding carboxylic acids is 1. The molecule has 2 aromatic rings. The molecular formula is C22H29N3O2. The summed E-state index contributed by atoms with van der Waals surface area (Å²) in [6, 6.07) is 15.7. The minimum Gasteiger partial charge on any atom is -0.497 e. The van der Waals surface area contributed by atoms with Gasteiger partial charge in [-0.05, 0) is 74.8 Å². The maximum Gasteiger partial charge on any atom is 0.255 e. The van der Waals surface area contributed by atoms with Crippen molar-refractivity contribution in [1.29, 1.82) is 0 Å². The molecule has 0 spiro atoms. The number of ether oxygens (including phenoxy) is 1. The normalized spacial score (nSPS) is 14.8. The van der Waals surface area contributed by atoms with Crippen LogP contribution < -0.4 is 15.4 Å². The minimum absolute atomic E-state index is 0.121. The van der Waals surface area contributed by atoms with E-state index in [1.54, 1.807) is 31.4 Å². The van der Waals surface area contributed by atoms with Crippen LogP contribution in [0.15, 0.2) is 48.5 Å². The van der Waals surface area contributed by atoms with Crippen molar-refractivity contribution in [2.45, 2.75) is 25.4 Å². The van der Waals surface area contributed by atoms with Crippen molar-refractivity contribution in [2.24, 2.45) is 5.92 Å². The number of likely N-dealkylation sites (N-methyl/N-ethyl adjacent to an activating group) is 1. The highest BCUT2D eigenvalue weighted by Gasteiger charge is 2.31. The Morgan fingerprint density at radius 2 is 1.93 bits per heavy atom. The molecule has 0 aromatic heterocycles. The van der Waals surface area contributed by atoms with Gasteiger partial charge in [0.1, 0.15) is 5.75 Å². The highest BCUT2D eigenvalue weighted by atomic mass is 16.5. The number of carbonyl (C=O) groups is 1. The predicted molar refractivity (Wildman–Crippen MR) is 109 cm³/mol. The van der Waals surface area contributed by atoms with E-state index in [0.717, 1.165) is 36.0 Å². The van der Waals surface area contributed by atoms with Gasteiger partial charge in [0, 0.05) is 30.4 Å². The van der Waals surface area contributed by atoms with Crippen molar-refractivity contribution >= 4 is 11.6 Å². The highest BCUT2D eigenvalue weighted by molar-refractivity contribution is 6.04. The Bertz CT molecular complexity index is 752. The molecule has 5 nitrogen and oxygen atoms in total. The van der Waals surface area contributed by atoms with Crippen molar-refractivity contribution in [1.82, 2.24) is 10.2 Å². The van der Waals surface area contributed by atoms with E-state index >= 15 is 0 Å². The minimum atomic E-state index is -0.121. The predicted octanol–water partition coefficient (Wildman–Crippen LogP) is 3.38.